The Morgan fingerprint density at radius 1 is 1.24 bits per heavy atom. The lowest BCUT2D eigenvalue weighted by molar-refractivity contribution is 0.627. The van der Waals surface area contributed by atoms with Gasteiger partial charge in [0, 0.05) is 12.7 Å². The van der Waals surface area contributed by atoms with Crippen molar-refractivity contribution in [1.29, 1.82) is 0 Å². The summed E-state index contributed by atoms with van der Waals surface area (Å²) in [5.74, 6) is -0.421. The third-order valence-corrected chi connectivity index (χ3v) is 2.82. The molecule has 0 amide bonds. The zero-order chi connectivity index (χ0) is 12.3. The fraction of sp³-hybridized carbons (Fsp3) is 0.0833. The number of nitrogens with zero attached hydrogens (tertiary/aromatic N) is 1. The van der Waals surface area contributed by atoms with E-state index in [4.69, 9.17) is 23.2 Å². The molecule has 0 aliphatic heterocycles. The monoisotopic (exact) mass is 270 g/mol. The minimum atomic E-state index is -0.421. The Kier molecular flexibility index (Phi) is 3.82. The van der Waals surface area contributed by atoms with Crippen LogP contribution in [-0.2, 0) is 6.54 Å². The lowest BCUT2D eigenvalue weighted by Crippen LogP contribution is -2.00. The molecule has 0 spiro atoms. The maximum absolute atomic E-state index is 12.9. The van der Waals surface area contributed by atoms with Gasteiger partial charge in [0.1, 0.15) is 5.82 Å². The van der Waals surface area contributed by atoms with E-state index in [2.05, 4.69) is 10.3 Å². The van der Waals surface area contributed by atoms with Crippen LogP contribution in [0.3, 0.4) is 0 Å². The fourth-order valence-corrected chi connectivity index (χ4v) is 1.75. The van der Waals surface area contributed by atoms with Crippen LogP contribution in [0.25, 0.3) is 0 Å². The van der Waals surface area contributed by atoms with Gasteiger partial charge < -0.3 is 5.32 Å². The number of rotatable bonds is 3. The molecule has 1 heterocycles. The average molecular weight is 271 g/mol. The number of anilines is 1. The maximum Gasteiger partial charge on any atom is 0.152 e. The van der Waals surface area contributed by atoms with Crippen LogP contribution < -0.4 is 5.32 Å². The van der Waals surface area contributed by atoms with Crippen LogP contribution in [-0.4, -0.2) is 4.98 Å². The van der Waals surface area contributed by atoms with Crippen molar-refractivity contribution in [2.24, 2.45) is 0 Å². The van der Waals surface area contributed by atoms with E-state index in [1.807, 2.05) is 6.07 Å². The molecule has 0 saturated carbocycles. The van der Waals surface area contributed by atoms with Crippen molar-refractivity contribution in [3.05, 3.63) is 58.1 Å². The predicted molar refractivity (Wildman–Crippen MR) is 68.0 cm³/mol. The first-order chi connectivity index (χ1) is 8.16. The summed E-state index contributed by atoms with van der Waals surface area (Å²) in [5, 5.41) is 3.62. The van der Waals surface area contributed by atoms with Gasteiger partial charge in [-0.15, -0.1) is 0 Å². The molecule has 0 saturated heterocycles. The van der Waals surface area contributed by atoms with Crippen LogP contribution in [0.4, 0.5) is 10.1 Å². The first-order valence-electron chi connectivity index (χ1n) is 4.95. The van der Waals surface area contributed by atoms with Gasteiger partial charge in [0.15, 0.2) is 5.15 Å². The van der Waals surface area contributed by atoms with Crippen molar-refractivity contribution in [1.82, 2.24) is 4.98 Å². The molecule has 5 heteroatoms. The molecule has 0 aliphatic carbocycles. The second-order valence-corrected chi connectivity index (χ2v) is 4.21. The molecule has 0 radical (unpaired) electrons. The summed E-state index contributed by atoms with van der Waals surface area (Å²) in [4.78, 5) is 3.94. The molecule has 0 fully saturated rings. The lowest BCUT2D eigenvalue weighted by atomic mass is 10.2. The third-order valence-electron chi connectivity index (χ3n) is 2.23. The van der Waals surface area contributed by atoms with Crippen LogP contribution >= 0.6 is 23.2 Å². The van der Waals surface area contributed by atoms with Gasteiger partial charge in [0.25, 0.3) is 0 Å². The van der Waals surface area contributed by atoms with Gasteiger partial charge in [-0.1, -0.05) is 29.3 Å². The molecule has 0 unspecified atom stereocenters. The molecule has 1 N–H and O–H groups in total. The topological polar surface area (TPSA) is 24.9 Å². The molecule has 1 aromatic heterocycles. The van der Waals surface area contributed by atoms with Crippen LogP contribution in [0.1, 0.15) is 5.56 Å². The Balaban J connectivity index is 2.08. The van der Waals surface area contributed by atoms with Crippen molar-refractivity contribution in [3.8, 4) is 0 Å². The van der Waals surface area contributed by atoms with E-state index >= 15 is 0 Å². The molecule has 1 aromatic carbocycles. The van der Waals surface area contributed by atoms with E-state index in [0.717, 1.165) is 11.3 Å². The zero-order valence-electron chi connectivity index (χ0n) is 8.75. The minimum Gasteiger partial charge on any atom is -0.378 e. The second-order valence-electron chi connectivity index (χ2n) is 3.44. The summed E-state index contributed by atoms with van der Waals surface area (Å²) in [7, 11) is 0. The van der Waals surface area contributed by atoms with Crippen molar-refractivity contribution in [3.63, 3.8) is 0 Å². The predicted octanol–water partition coefficient (Wildman–Crippen LogP) is 4.14. The lowest BCUT2D eigenvalue weighted by Gasteiger charge is -2.07. The van der Waals surface area contributed by atoms with Gasteiger partial charge in [-0.2, -0.15) is 0 Å². The first kappa shape index (κ1) is 12.1. The molecule has 88 valence electrons. The zero-order valence-corrected chi connectivity index (χ0v) is 10.3. The van der Waals surface area contributed by atoms with Gasteiger partial charge in [0.05, 0.1) is 10.7 Å². The molecule has 0 aliphatic rings. The highest BCUT2D eigenvalue weighted by atomic mass is 35.5. The second kappa shape index (κ2) is 5.34. The van der Waals surface area contributed by atoms with E-state index in [1.54, 1.807) is 24.4 Å². The smallest absolute Gasteiger partial charge is 0.152 e. The molecule has 2 nitrogen and oxygen atoms in total. The first-order valence-corrected chi connectivity index (χ1v) is 5.71. The molecule has 2 rings (SSSR count). The molecule has 17 heavy (non-hydrogen) atoms. The highest BCUT2D eigenvalue weighted by molar-refractivity contribution is 6.32. The van der Waals surface area contributed by atoms with Crippen LogP contribution in [0, 0.1) is 5.82 Å². The van der Waals surface area contributed by atoms with Crippen molar-refractivity contribution in [2.75, 3.05) is 5.32 Å². The van der Waals surface area contributed by atoms with Gasteiger partial charge in [-0.25, -0.2) is 9.37 Å². The minimum absolute atomic E-state index is 0.113. The Hall–Kier alpha value is -1.32. The Labute approximate surface area is 108 Å². The molecule has 0 bridgehead atoms. The number of halogens is 3. The highest BCUT2D eigenvalue weighted by Crippen LogP contribution is 2.20. The highest BCUT2D eigenvalue weighted by Gasteiger charge is 2.02. The van der Waals surface area contributed by atoms with Crippen molar-refractivity contribution in [2.45, 2.75) is 6.54 Å². The maximum atomic E-state index is 12.9. The third kappa shape index (κ3) is 3.08. The summed E-state index contributed by atoms with van der Waals surface area (Å²) in [6.07, 6.45) is 1.61. The van der Waals surface area contributed by atoms with E-state index in [0.29, 0.717) is 11.7 Å². The van der Waals surface area contributed by atoms with E-state index in [-0.39, 0.29) is 5.02 Å². The van der Waals surface area contributed by atoms with Crippen LogP contribution in [0.5, 0.6) is 0 Å². The number of pyridine rings is 1. The number of hydrogen-bond donors (Lipinski definition) is 1. The van der Waals surface area contributed by atoms with Crippen molar-refractivity contribution < 1.29 is 4.39 Å². The summed E-state index contributed by atoms with van der Waals surface area (Å²) < 4.78 is 12.9. The van der Waals surface area contributed by atoms with Crippen LogP contribution in [0.15, 0.2) is 36.5 Å². The Morgan fingerprint density at radius 2 is 2.06 bits per heavy atom. The van der Waals surface area contributed by atoms with E-state index in [1.165, 1.54) is 6.07 Å². The largest absolute Gasteiger partial charge is 0.378 e. The number of hydrogen-bond acceptors (Lipinski definition) is 2. The van der Waals surface area contributed by atoms with Crippen molar-refractivity contribution >= 4 is 28.9 Å². The molecule has 2 aromatic rings. The SMILES string of the molecule is Fc1ccc(CNc2cccnc2Cl)cc1Cl. The van der Waals surface area contributed by atoms with Gasteiger partial charge in [0.2, 0.25) is 0 Å². The summed E-state index contributed by atoms with van der Waals surface area (Å²) >= 11 is 11.6. The summed E-state index contributed by atoms with van der Waals surface area (Å²) in [6.45, 7) is 0.505. The quantitative estimate of drug-likeness (QED) is 0.848. The summed E-state index contributed by atoms with van der Waals surface area (Å²) in [6, 6.07) is 8.18. The molecular weight excluding hydrogens is 262 g/mol. The fourth-order valence-electron chi connectivity index (χ4n) is 1.36. The van der Waals surface area contributed by atoms with E-state index in [9.17, 15) is 4.39 Å². The normalized spacial score (nSPS) is 10.3. The molecule has 0 atom stereocenters. The molecular formula is C12H9Cl2FN2. The van der Waals surface area contributed by atoms with Gasteiger partial charge in [-0.3, -0.25) is 0 Å². The summed E-state index contributed by atoms with van der Waals surface area (Å²) in [5.41, 5.74) is 1.60. The number of benzene rings is 1. The van der Waals surface area contributed by atoms with E-state index < -0.39 is 5.82 Å². The Morgan fingerprint density at radius 3 is 2.76 bits per heavy atom. The van der Waals surface area contributed by atoms with Gasteiger partial charge in [-0.05, 0) is 29.8 Å². The standard InChI is InChI=1S/C12H9Cl2FN2/c13-9-6-8(3-4-10(9)15)7-17-11-2-1-5-16-12(11)14/h1-6,17H,7H2. The average Bonchev–Trinajstić information content (AvgIpc) is 2.32. The van der Waals surface area contributed by atoms with Crippen LogP contribution in [0.2, 0.25) is 10.2 Å². The Bertz CT molecular complexity index is 532. The number of aromatic nitrogens is 1. The number of nitrogens with one attached hydrogen (secondary N) is 1. The van der Waals surface area contributed by atoms with Gasteiger partial charge >= 0.3 is 0 Å².